The molecule has 136 valence electrons. The van der Waals surface area contributed by atoms with Gasteiger partial charge in [-0.1, -0.05) is 30.3 Å². The van der Waals surface area contributed by atoms with Gasteiger partial charge >= 0.3 is 6.18 Å². The van der Waals surface area contributed by atoms with Crippen LogP contribution in [-0.4, -0.2) is 32.8 Å². The molecule has 1 saturated heterocycles. The molecular weight excluding hydrogens is 343 g/mol. The summed E-state index contributed by atoms with van der Waals surface area (Å²) in [5.41, 5.74) is 1.17. The summed E-state index contributed by atoms with van der Waals surface area (Å²) in [5, 5.41) is 4.85. The van der Waals surface area contributed by atoms with Gasteiger partial charge in [0.15, 0.2) is 5.65 Å². The van der Waals surface area contributed by atoms with Crippen molar-refractivity contribution in [3.63, 3.8) is 0 Å². The van der Waals surface area contributed by atoms with E-state index in [9.17, 15) is 13.2 Å². The van der Waals surface area contributed by atoms with Gasteiger partial charge in [-0.2, -0.15) is 18.3 Å². The zero-order valence-corrected chi connectivity index (χ0v) is 14.1. The first kappa shape index (κ1) is 16.8. The molecule has 3 aromatic rings. The maximum absolute atomic E-state index is 13.4. The van der Waals surface area contributed by atoms with Crippen molar-refractivity contribution in [2.45, 2.75) is 32.0 Å². The number of fused-ring (bicyclic) bond motifs is 1. The lowest BCUT2D eigenvalue weighted by Gasteiger charge is -2.28. The Kier molecular flexibility index (Phi) is 4.26. The molecule has 8 heteroatoms. The van der Waals surface area contributed by atoms with Crippen molar-refractivity contribution in [1.82, 2.24) is 19.7 Å². The molecule has 1 aromatic carbocycles. The van der Waals surface area contributed by atoms with Gasteiger partial charge in [0, 0.05) is 13.1 Å². The number of alkyl halides is 3. The number of hydrogen-bond acceptors (Lipinski definition) is 4. The summed E-state index contributed by atoms with van der Waals surface area (Å²) in [5.74, 6) is -0.776. The van der Waals surface area contributed by atoms with E-state index in [1.165, 1.54) is 4.68 Å². The molecule has 26 heavy (non-hydrogen) atoms. The molecule has 5 nitrogen and oxygen atoms in total. The van der Waals surface area contributed by atoms with Crippen LogP contribution >= 0.6 is 0 Å². The van der Waals surface area contributed by atoms with E-state index < -0.39 is 12.0 Å². The van der Waals surface area contributed by atoms with Crippen molar-refractivity contribution >= 4 is 16.9 Å². The predicted octanol–water partition coefficient (Wildman–Crippen LogP) is 3.88. The topological polar surface area (TPSA) is 46.8 Å². The smallest absolute Gasteiger partial charge is 0.356 e. The van der Waals surface area contributed by atoms with E-state index >= 15 is 0 Å². The largest absolute Gasteiger partial charge is 0.451 e. The summed E-state index contributed by atoms with van der Waals surface area (Å²) < 4.78 is 41.6. The second-order valence-electron chi connectivity index (χ2n) is 6.44. The molecule has 1 fully saturated rings. The van der Waals surface area contributed by atoms with Crippen LogP contribution in [-0.2, 0) is 12.7 Å². The number of aromatic nitrogens is 4. The molecule has 0 aliphatic carbocycles. The lowest BCUT2D eigenvalue weighted by Crippen LogP contribution is -2.31. The number of hydrogen-bond donors (Lipinski definition) is 0. The summed E-state index contributed by atoms with van der Waals surface area (Å²) >= 11 is 0. The molecule has 2 aromatic heterocycles. The highest BCUT2D eigenvalue weighted by molar-refractivity contribution is 5.87. The van der Waals surface area contributed by atoms with Crippen LogP contribution < -0.4 is 4.90 Å². The Labute approximate surface area is 148 Å². The normalized spacial score (nSPS) is 15.6. The SMILES string of the molecule is FC(F)(F)c1nc(N2CCCCC2)c2cnn(Cc3ccccc3)c2n1. The lowest BCUT2D eigenvalue weighted by atomic mass is 10.1. The van der Waals surface area contributed by atoms with Crippen LogP contribution in [0.25, 0.3) is 11.0 Å². The predicted molar refractivity (Wildman–Crippen MR) is 91.9 cm³/mol. The molecular formula is C18H18F3N5. The third-order valence-corrected chi connectivity index (χ3v) is 4.56. The minimum atomic E-state index is -4.60. The number of rotatable bonds is 3. The van der Waals surface area contributed by atoms with Gasteiger partial charge in [-0.25, -0.2) is 14.6 Å². The van der Waals surface area contributed by atoms with Gasteiger partial charge in [0.25, 0.3) is 0 Å². The molecule has 1 aliphatic heterocycles. The third kappa shape index (κ3) is 3.23. The molecule has 4 rings (SSSR count). The van der Waals surface area contributed by atoms with Crippen LogP contribution in [0.5, 0.6) is 0 Å². The van der Waals surface area contributed by atoms with Gasteiger partial charge < -0.3 is 4.90 Å². The highest BCUT2D eigenvalue weighted by Gasteiger charge is 2.37. The Morgan fingerprint density at radius 1 is 0.962 bits per heavy atom. The van der Waals surface area contributed by atoms with Crippen molar-refractivity contribution in [1.29, 1.82) is 0 Å². The highest BCUT2D eigenvalue weighted by atomic mass is 19.4. The highest BCUT2D eigenvalue weighted by Crippen LogP contribution is 2.32. The lowest BCUT2D eigenvalue weighted by molar-refractivity contribution is -0.144. The first-order chi connectivity index (χ1) is 12.5. The number of halogens is 3. The molecule has 3 heterocycles. The summed E-state index contributed by atoms with van der Waals surface area (Å²) in [7, 11) is 0. The second-order valence-corrected chi connectivity index (χ2v) is 6.44. The van der Waals surface area contributed by atoms with Crippen molar-refractivity contribution in [2.24, 2.45) is 0 Å². The molecule has 0 amide bonds. The van der Waals surface area contributed by atoms with Gasteiger partial charge in [-0.15, -0.1) is 0 Å². The Hall–Kier alpha value is -2.64. The summed E-state index contributed by atoms with van der Waals surface area (Å²) in [4.78, 5) is 9.56. The van der Waals surface area contributed by atoms with E-state index in [1.807, 2.05) is 35.2 Å². The van der Waals surface area contributed by atoms with Crippen molar-refractivity contribution in [2.75, 3.05) is 18.0 Å². The number of anilines is 1. The van der Waals surface area contributed by atoms with E-state index in [1.54, 1.807) is 6.20 Å². The maximum atomic E-state index is 13.4. The molecule has 0 unspecified atom stereocenters. The number of nitrogens with zero attached hydrogens (tertiary/aromatic N) is 5. The second kappa shape index (κ2) is 6.59. The molecule has 0 bridgehead atoms. The third-order valence-electron chi connectivity index (χ3n) is 4.56. The Balaban J connectivity index is 1.82. The van der Waals surface area contributed by atoms with Gasteiger partial charge in [0.05, 0.1) is 18.1 Å². The standard InChI is InChI=1S/C18H18F3N5/c19-18(20,21)17-23-15(25-9-5-2-6-10-25)14-11-22-26(16(14)24-17)12-13-7-3-1-4-8-13/h1,3-4,7-8,11H,2,5-6,9-10,12H2. The molecule has 0 atom stereocenters. The van der Waals surface area contributed by atoms with Crippen molar-refractivity contribution in [3.05, 3.63) is 47.9 Å². The van der Waals surface area contributed by atoms with Crippen LogP contribution in [0, 0.1) is 0 Å². The monoisotopic (exact) mass is 361 g/mol. The Bertz CT molecular complexity index is 898. The van der Waals surface area contributed by atoms with Gasteiger partial charge in [0.1, 0.15) is 5.82 Å². The fraction of sp³-hybridized carbons (Fsp3) is 0.389. The number of benzene rings is 1. The molecule has 0 saturated carbocycles. The Morgan fingerprint density at radius 3 is 2.38 bits per heavy atom. The van der Waals surface area contributed by atoms with Gasteiger partial charge in [0.2, 0.25) is 5.82 Å². The van der Waals surface area contributed by atoms with Crippen LogP contribution in [0.3, 0.4) is 0 Å². The average Bonchev–Trinajstić information content (AvgIpc) is 3.05. The summed E-state index contributed by atoms with van der Waals surface area (Å²) in [6, 6.07) is 9.48. The zero-order chi connectivity index (χ0) is 18.1. The van der Waals surface area contributed by atoms with E-state index in [0.29, 0.717) is 30.8 Å². The molecule has 0 N–H and O–H groups in total. The minimum Gasteiger partial charge on any atom is -0.356 e. The van der Waals surface area contributed by atoms with E-state index in [2.05, 4.69) is 15.1 Å². The van der Waals surface area contributed by atoms with E-state index in [-0.39, 0.29) is 5.65 Å². The maximum Gasteiger partial charge on any atom is 0.451 e. The fourth-order valence-corrected chi connectivity index (χ4v) is 3.29. The van der Waals surface area contributed by atoms with Crippen molar-refractivity contribution in [3.8, 4) is 0 Å². The van der Waals surface area contributed by atoms with Crippen LogP contribution in [0.1, 0.15) is 30.7 Å². The summed E-state index contributed by atoms with van der Waals surface area (Å²) in [6.45, 7) is 1.76. The molecule has 1 aliphatic rings. The zero-order valence-electron chi connectivity index (χ0n) is 14.1. The quantitative estimate of drug-likeness (QED) is 0.710. The first-order valence-electron chi connectivity index (χ1n) is 8.62. The van der Waals surface area contributed by atoms with Crippen LogP contribution in [0.4, 0.5) is 19.0 Å². The molecule has 0 spiro atoms. The summed E-state index contributed by atoms with van der Waals surface area (Å²) in [6.07, 6.45) is -0.0386. The van der Waals surface area contributed by atoms with Crippen molar-refractivity contribution < 1.29 is 13.2 Å². The van der Waals surface area contributed by atoms with E-state index in [4.69, 9.17) is 0 Å². The van der Waals surface area contributed by atoms with Gasteiger partial charge in [-0.05, 0) is 24.8 Å². The minimum absolute atomic E-state index is 0.219. The van der Waals surface area contributed by atoms with E-state index in [0.717, 1.165) is 24.8 Å². The first-order valence-corrected chi connectivity index (χ1v) is 8.62. The van der Waals surface area contributed by atoms with Crippen LogP contribution in [0.2, 0.25) is 0 Å². The molecule has 0 radical (unpaired) electrons. The number of piperidine rings is 1. The fourth-order valence-electron chi connectivity index (χ4n) is 3.29. The van der Waals surface area contributed by atoms with Gasteiger partial charge in [-0.3, -0.25) is 0 Å². The van der Waals surface area contributed by atoms with Crippen LogP contribution in [0.15, 0.2) is 36.5 Å². The average molecular weight is 361 g/mol. The Morgan fingerprint density at radius 2 is 1.69 bits per heavy atom.